The van der Waals surface area contributed by atoms with E-state index in [9.17, 15) is 9.90 Å². The molecule has 1 aliphatic rings. The third kappa shape index (κ3) is 6.75. The molecule has 1 unspecified atom stereocenters. The average molecular weight is 448 g/mol. The summed E-state index contributed by atoms with van der Waals surface area (Å²) < 4.78 is 11.0. The Morgan fingerprint density at radius 3 is 2.58 bits per heavy atom. The first-order valence-corrected chi connectivity index (χ1v) is 10.8. The number of β-amino-alcohol motifs (C(OH)–C–C–N with tert-alkyl or cyclic N) is 1. The van der Waals surface area contributed by atoms with Crippen molar-refractivity contribution >= 4 is 23.3 Å². The summed E-state index contributed by atoms with van der Waals surface area (Å²) in [7, 11) is 1.59. The molecule has 1 saturated heterocycles. The summed E-state index contributed by atoms with van der Waals surface area (Å²) in [6.07, 6.45) is 1.02. The van der Waals surface area contributed by atoms with Crippen molar-refractivity contribution in [1.82, 2.24) is 10.2 Å². The summed E-state index contributed by atoms with van der Waals surface area (Å²) in [5.74, 6) is 1.26. The van der Waals surface area contributed by atoms with Crippen molar-refractivity contribution in [3.63, 3.8) is 0 Å². The topological polar surface area (TPSA) is 83.1 Å². The summed E-state index contributed by atoms with van der Waals surface area (Å²) in [6, 6.07) is 12.7. The molecule has 2 aromatic rings. The fourth-order valence-corrected chi connectivity index (χ4v) is 3.93. The van der Waals surface area contributed by atoms with Gasteiger partial charge in [0.2, 0.25) is 0 Å². The van der Waals surface area contributed by atoms with Gasteiger partial charge in [0.15, 0.2) is 11.5 Å². The van der Waals surface area contributed by atoms with Crippen LogP contribution in [-0.2, 0) is 0 Å². The first kappa shape index (κ1) is 23.2. The number of benzene rings is 2. The second-order valence-corrected chi connectivity index (χ2v) is 8.13. The standard InChI is InChI=1S/C23H30ClN3O4/c1-16-6-5-7-19(24)22(16)26-23(29)25-17-10-12-27(13-11-17)14-18(28)15-31-21-9-4-3-8-20(21)30-2/h3-9,17-18,28H,10-15H2,1-2H3,(H2,25,26,29). The lowest BCUT2D eigenvalue weighted by Crippen LogP contribution is -2.48. The summed E-state index contributed by atoms with van der Waals surface area (Å²) in [5, 5.41) is 16.7. The van der Waals surface area contributed by atoms with E-state index in [0.717, 1.165) is 31.5 Å². The van der Waals surface area contributed by atoms with Crippen LogP contribution in [0.1, 0.15) is 18.4 Å². The molecule has 1 atom stereocenters. The number of hydrogen-bond acceptors (Lipinski definition) is 5. The Labute approximate surface area is 188 Å². The first-order valence-electron chi connectivity index (χ1n) is 10.4. The lowest BCUT2D eigenvalue weighted by molar-refractivity contribution is 0.0576. The van der Waals surface area contributed by atoms with Crippen molar-refractivity contribution in [2.24, 2.45) is 0 Å². The van der Waals surface area contributed by atoms with Gasteiger partial charge in [0.05, 0.1) is 17.8 Å². The molecule has 1 fully saturated rings. The van der Waals surface area contributed by atoms with E-state index in [1.807, 2.05) is 43.3 Å². The number of ether oxygens (including phenoxy) is 2. The zero-order valence-electron chi connectivity index (χ0n) is 17.9. The molecule has 7 nitrogen and oxygen atoms in total. The molecule has 8 heteroatoms. The SMILES string of the molecule is COc1ccccc1OCC(O)CN1CCC(NC(=O)Nc2c(C)cccc2Cl)CC1. The number of para-hydroxylation sites is 3. The number of aliphatic hydroxyl groups is 1. The third-order valence-electron chi connectivity index (χ3n) is 5.35. The molecule has 1 heterocycles. The van der Waals surface area contributed by atoms with E-state index in [1.54, 1.807) is 13.2 Å². The lowest BCUT2D eigenvalue weighted by Gasteiger charge is -2.33. The predicted molar refractivity (Wildman–Crippen MR) is 122 cm³/mol. The van der Waals surface area contributed by atoms with Crippen molar-refractivity contribution in [3.8, 4) is 11.5 Å². The van der Waals surface area contributed by atoms with E-state index in [2.05, 4.69) is 15.5 Å². The van der Waals surface area contributed by atoms with E-state index >= 15 is 0 Å². The van der Waals surface area contributed by atoms with E-state index in [0.29, 0.717) is 28.8 Å². The van der Waals surface area contributed by atoms with Crippen LogP contribution in [0.25, 0.3) is 0 Å². The summed E-state index contributed by atoms with van der Waals surface area (Å²) in [4.78, 5) is 14.5. The zero-order valence-corrected chi connectivity index (χ0v) is 18.7. The van der Waals surface area contributed by atoms with Crippen molar-refractivity contribution in [2.45, 2.75) is 31.9 Å². The van der Waals surface area contributed by atoms with Gasteiger partial charge in [-0.3, -0.25) is 0 Å². The Kier molecular flexibility index (Phi) is 8.40. The minimum absolute atomic E-state index is 0.0843. The van der Waals surface area contributed by atoms with Gasteiger partial charge >= 0.3 is 6.03 Å². The van der Waals surface area contributed by atoms with Crippen LogP contribution < -0.4 is 20.1 Å². The van der Waals surface area contributed by atoms with Crippen LogP contribution in [0.5, 0.6) is 11.5 Å². The highest BCUT2D eigenvalue weighted by molar-refractivity contribution is 6.33. The first-order chi connectivity index (χ1) is 15.0. The normalized spacial score (nSPS) is 15.9. The number of likely N-dealkylation sites (tertiary alicyclic amines) is 1. The molecule has 3 rings (SSSR count). The van der Waals surface area contributed by atoms with Crippen LogP contribution in [0.4, 0.5) is 10.5 Å². The molecule has 168 valence electrons. The van der Waals surface area contributed by atoms with Crippen LogP contribution in [0.3, 0.4) is 0 Å². The number of aryl methyl sites for hydroxylation is 1. The molecule has 2 aromatic carbocycles. The Balaban J connectivity index is 1.38. The number of methoxy groups -OCH3 is 1. The third-order valence-corrected chi connectivity index (χ3v) is 5.67. The van der Waals surface area contributed by atoms with E-state index < -0.39 is 6.10 Å². The Morgan fingerprint density at radius 1 is 1.19 bits per heavy atom. The van der Waals surface area contributed by atoms with Crippen molar-refractivity contribution in [3.05, 3.63) is 53.1 Å². The summed E-state index contributed by atoms with van der Waals surface area (Å²) >= 11 is 6.18. The summed E-state index contributed by atoms with van der Waals surface area (Å²) in [6.45, 7) is 4.21. The number of urea groups is 1. The minimum atomic E-state index is -0.610. The van der Waals surface area contributed by atoms with Crippen LogP contribution in [-0.4, -0.2) is 61.5 Å². The number of anilines is 1. The highest BCUT2D eigenvalue weighted by atomic mass is 35.5. The van der Waals surface area contributed by atoms with Crippen LogP contribution in [0.2, 0.25) is 5.02 Å². The van der Waals surface area contributed by atoms with Gasteiger partial charge in [0.1, 0.15) is 12.7 Å². The Bertz CT molecular complexity index is 851. The average Bonchev–Trinajstić information content (AvgIpc) is 2.76. The molecule has 3 N–H and O–H groups in total. The second-order valence-electron chi connectivity index (χ2n) is 7.72. The number of carbonyl (C=O) groups is 1. The van der Waals surface area contributed by atoms with Crippen LogP contribution >= 0.6 is 11.6 Å². The largest absolute Gasteiger partial charge is 0.493 e. The van der Waals surface area contributed by atoms with Gasteiger partial charge < -0.3 is 30.1 Å². The summed E-state index contributed by atoms with van der Waals surface area (Å²) in [5.41, 5.74) is 1.55. The molecule has 0 aliphatic carbocycles. The highest BCUT2D eigenvalue weighted by Gasteiger charge is 2.23. The van der Waals surface area contributed by atoms with Gasteiger partial charge in [-0.05, 0) is 43.5 Å². The maximum Gasteiger partial charge on any atom is 0.319 e. The molecule has 0 saturated carbocycles. The maximum absolute atomic E-state index is 12.4. The Morgan fingerprint density at radius 2 is 1.90 bits per heavy atom. The molecule has 0 spiro atoms. The second kappa shape index (κ2) is 11.2. The molecule has 31 heavy (non-hydrogen) atoms. The van der Waals surface area contributed by atoms with Crippen LogP contribution in [0.15, 0.2) is 42.5 Å². The fourth-order valence-electron chi connectivity index (χ4n) is 3.66. The van der Waals surface area contributed by atoms with Gasteiger partial charge in [-0.15, -0.1) is 0 Å². The number of amides is 2. The molecule has 2 amide bonds. The quantitative estimate of drug-likeness (QED) is 0.575. The van der Waals surface area contributed by atoms with Crippen molar-refractivity contribution in [2.75, 3.05) is 38.7 Å². The van der Waals surface area contributed by atoms with Crippen molar-refractivity contribution in [1.29, 1.82) is 0 Å². The predicted octanol–water partition coefficient (Wildman–Crippen LogP) is 3.68. The van der Waals surface area contributed by atoms with E-state index in [-0.39, 0.29) is 18.7 Å². The van der Waals surface area contributed by atoms with Gasteiger partial charge in [-0.25, -0.2) is 4.79 Å². The Hall–Kier alpha value is -2.48. The zero-order chi connectivity index (χ0) is 22.2. The fraction of sp³-hybridized carbons (Fsp3) is 0.435. The molecule has 0 aromatic heterocycles. The molecule has 0 bridgehead atoms. The minimum Gasteiger partial charge on any atom is -0.493 e. The number of hydrogen-bond donors (Lipinski definition) is 3. The number of halogens is 1. The van der Waals surface area contributed by atoms with E-state index in [1.165, 1.54) is 0 Å². The number of nitrogens with zero attached hydrogens (tertiary/aromatic N) is 1. The van der Waals surface area contributed by atoms with Gasteiger partial charge in [-0.1, -0.05) is 35.9 Å². The number of aliphatic hydroxyl groups excluding tert-OH is 1. The van der Waals surface area contributed by atoms with Crippen molar-refractivity contribution < 1.29 is 19.4 Å². The van der Waals surface area contributed by atoms with Gasteiger partial charge in [-0.2, -0.15) is 0 Å². The number of rotatable bonds is 8. The monoisotopic (exact) mass is 447 g/mol. The number of piperidine rings is 1. The van der Waals surface area contributed by atoms with Crippen LogP contribution in [0, 0.1) is 6.92 Å². The number of nitrogens with one attached hydrogen (secondary N) is 2. The van der Waals surface area contributed by atoms with Gasteiger partial charge in [0, 0.05) is 25.7 Å². The molecule has 1 aliphatic heterocycles. The lowest BCUT2D eigenvalue weighted by atomic mass is 10.0. The van der Waals surface area contributed by atoms with Gasteiger partial charge in [0.25, 0.3) is 0 Å². The molecular formula is C23H30ClN3O4. The van der Waals surface area contributed by atoms with E-state index in [4.69, 9.17) is 21.1 Å². The smallest absolute Gasteiger partial charge is 0.319 e. The molecule has 0 radical (unpaired) electrons. The highest BCUT2D eigenvalue weighted by Crippen LogP contribution is 2.26. The maximum atomic E-state index is 12.4. The molecular weight excluding hydrogens is 418 g/mol. The number of carbonyl (C=O) groups excluding carboxylic acids is 1.